The maximum Gasteiger partial charge on any atom is 0.434 e. The van der Waals surface area contributed by atoms with E-state index in [0.717, 1.165) is 6.07 Å². The Hall–Kier alpha value is -5.01. The van der Waals surface area contributed by atoms with Gasteiger partial charge in [-0.2, -0.15) is 18.3 Å². The Kier molecular flexibility index (Phi) is 6.40. The van der Waals surface area contributed by atoms with Crippen molar-refractivity contribution in [1.82, 2.24) is 29.3 Å². The molecular weight excluding hydrogens is 534 g/mol. The van der Waals surface area contributed by atoms with Crippen LogP contribution in [0.5, 0.6) is 11.5 Å². The standard InChI is InChI=1S/C26H21F4N7O3/c1-12(2)36-21-17(8-9-32-24(21)34-25(36)39)40-16-6-5-14(10-15(16)27)20-19(23(31)38)22(26(28,29)30)37(35-20)18-7-4-13(3)11-33-18/h4-12H,1-3H3,(H2,31,38)(H,32,34,39). The fourth-order valence-electron chi connectivity index (χ4n) is 4.31. The number of fused-ring (bicyclic) bond motifs is 1. The molecule has 0 aliphatic carbocycles. The smallest absolute Gasteiger partial charge is 0.434 e. The zero-order valence-corrected chi connectivity index (χ0v) is 21.2. The number of carbonyl (C=O) groups excluding carboxylic acids is 1. The number of halogens is 4. The van der Waals surface area contributed by atoms with Crippen LogP contribution in [0.4, 0.5) is 17.6 Å². The first-order chi connectivity index (χ1) is 18.9. The molecule has 1 aromatic carbocycles. The molecule has 10 nitrogen and oxygen atoms in total. The summed E-state index contributed by atoms with van der Waals surface area (Å²) in [5.41, 5.74) is 3.14. The first-order valence-corrected chi connectivity index (χ1v) is 11.9. The lowest BCUT2D eigenvalue weighted by molar-refractivity contribution is -0.143. The van der Waals surface area contributed by atoms with Crippen LogP contribution in [0.3, 0.4) is 0 Å². The van der Waals surface area contributed by atoms with Crippen molar-refractivity contribution in [1.29, 1.82) is 0 Å². The van der Waals surface area contributed by atoms with E-state index in [1.165, 1.54) is 47.3 Å². The molecule has 3 N–H and O–H groups in total. The van der Waals surface area contributed by atoms with E-state index in [2.05, 4.69) is 20.1 Å². The fraction of sp³-hybridized carbons (Fsp3) is 0.192. The average molecular weight is 555 g/mol. The van der Waals surface area contributed by atoms with Gasteiger partial charge >= 0.3 is 11.9 Å². The van der Waals surface area contributed by atoms with Crippen LogP contribution in [0.15, 0.2) is 53.6 Å². The van der Waals surface area contributed by atoms with Crippen LogP contribution in [0.1, 0.15) is 41.5 Å². The minimum Gasteiger partial charge on any atom is -0.452 e. The number of aromatic amines is 1. The van der Waals surface area contributed by atoms with Gasteiger partial charge in [0.15, 0.2) is 34.5 Å². The first kappa shape index (κ1) is 26.6. The summed E-state index contributed by atoms with van der Waals surface area (Å²) in [6.07, 6.45) is -2.33. The van der Waals surface area contributed by atoms with E-state index in [9.17, 15) is 22.8 Å². The second-order valence-electron chi connectivity index (χ2n) is 9.19. The molecule has 0 saturated heterocycles. The lowest BCUT2D eigenvalue weighted by Crippen LogP contribution is -2.21. The van der Waals surface area contributed by atoms with E-state index < -0.39 is 40.5 Å². The van der Waals surface area contributed by atoms with E-state index in [-0.39, 0.29) is 34.6 Å². The molecule has 0 saturated carbocycles. The highest BCUT2D eigenvalue weighted by Crippen LogP contribution is 2.39. The van der Waals surface area contributed by atoms with Crippen molar-refractivity contribution in [2.24, 2.45) is 5.73 Å². The third kappa shape index (κ3) is 4.57. The normalized spacial score (nSPS) is 11.9. The van der Waals surface area contributed by atoms with E-state index in [1.54, 1.807) is 20.8 Å². The van der Waals surface area contributed by atoms with E-state index >= 15 is 4.39 Å². The summed E-state index contributed by atoms with van der Waals surface area (Å²) in [4.78, 5) is 35.3. The van der Waals surface area contributed by atoms with Crippen LogP contribution in [-0.2, 0) is 6.18 Å². The lowest BCUT2D eigenvalue weighted by Gasteiger charge is -2.12. The highest BCUT2D eigenvalue weighted by molar-refractivity contribution is 6.00. The van der Waals surface area contributed by atoms with Gasteiger partial charge < -0.3 is 10.5 Å². The predicted octanol–water partition coefficient (Wildman–Crippen LogP) is 4.91. The Morgan fingerprint density at radius 2 is 1.85 bits per heavy atom. The molecule has 0 radical (unpaired) electrons. The molecule has 40 heavy (non-hydrogen) atoms. The highest BCUT2D eigenvalue weighted by atomic mass is 19.4. The minimum absolute atomic E-state index is 0.121. The Morgan fingerprint density at radius 1 is 1.10 bits per heavy atom. The van der Waals surface area contributed by atoms with E-state index in [1.807, 2.05) is 0 Å². The number of primary amides is 1. The molecule has 0 aliphatic rings. The summed E-state index contributed by atoms with van der Waals surface area (Å²) in [6.45, 7) is 5.25. The minimum atomic E-state index is -5.04. The number of nitrogens with one attached hydrogen (secondary N) is 1. The van der Waals surface area contributed by atoms with Crippen molar-refractivity contribution in [2.45, 2.75) is 33.0 Å². The second-order valence-corrected chi connectivity index (χ2v) is 9.19. The number of carbonyl (C=O) groups is 1. The highest BCUT2D eigenvalue weighted by Gasteiger charge is 2.42. The van der Waals surface area contributed by atoms with Crippen LogP contribution >= 0.6 is 0 Å². The van der Waals surface area contributed by atoms with Gasteiger partial charge in [-0.1, -0.05) is 6.07 Å². The van der Waals surface area contributed by atoms with Crippen molar-refractivity contribution in [2.75, 3.05) is 0 Å². The third-order valence-corrected chi connectivity index (χ3v) is 6.03. The number of imidazole rings is 1. The summed E-state index contributed by atoms with van der Waals surface area (Å²) in [7, 11) is 0. The van der Waals surface area contributed by atoms with Crippen molar-refractivity contribution in [3.63, 3.8) is 0 Å². The molecule has 0 atom stereocenters. The molecule has 0 bridgehead atoms. The Morgan fingerprint density at radius 3 is 2.45 bits per heavy atom. The molecule has 5 rings (SSSR count). The van der Waals surface area contributed by atoms with Gasteiger partial charge in [-0.3, -0.25) is 14.3 Å². The fourth-order valence-corrected chi connectivity index (χ4v) is 4.31. The molecular formula is C26H21F4N7O3. The number of nitrogens with two attached hydrogens (primary N) is 1. The number of ether oxygens (including phenoxy) is 1. The van der Waals surface area contributed by atoms with Gasteiger partial charge in [-0.15, -0.1) is 0 Å². The summed E-state index contributed by atoms with van der Waals surface area (Å²) in [5, 5.41) is 3.97. The number of benzene rings is 1. The van der Waals surface area contributed by atoms with Crippen molar-refractivity contribution < 1.29 is 27.1 Å². The molecule has 1 amide bonds. The zero-order chi connectivity index (χ0) is 28.9. The largest absolute Gasteiger partial charge is 0.452 e. The average Bonchev–Trinajstić information content (AvgIpc) is 3.44. The molecule has 14 heteroatoms. The van der Waals surface area contributed by atoms with Crippen molar-refractivity contribution in [3.8, 4) is 28.6 Å². The lowest BCUT2D eigenvalue weighted by atomic mass is 10.0. The molecule has 4 heterocycles. The number of alkyl halides is 3. The summed E-state index contributed by atoms with van der Waals surface area (Å²) in [6, 6.07) is 7.29. The van der Waals surface area contributed by atoms with Crippen LogP contribution in [-0.4, -0.2) is 35.2 Å². The molecule has 0 fully saturated rings. The molecule has 0 aliphatic heterocycles. The number of amides is 1. The molecule has 0 unspecified atom stereocenters. The molecule has 0 spiro atoms. The quantitative estimate of drug-likeness (QED) is 0.286. The topological polar surface area (TPSA) is 134 Å². The number of rotatable bonds is 6. The van der Waals surface area contributed by atoms with Gasteiger partial charge in [-0.25, -0.2) is 23.8 Å². The first-order valence-electron chi connectivity index (χ1n) is 11.9. The number of hydrogen-bond donors (Lipinski definition) is 2. The van der Waals surface area contributed by atoms with Gasteiger partial charge in [0.2, 0.25) is 0 Å². The van der Waals surface area contributed by atoms with Gasteiger partial charge in [-0.05, 0) is 50.6 Å². The number of aromatic nitrogens is 6. The number of nitrogens with zero attached hydrogens (tertiary/aromatic N) is 5. The van der Waals surface area contributed by atoms with Crippen molar-refractivity contribution >= 4 is 17.1 Å². The summed E-state index contributed by atoms with van der Waals surface area (Å²) >= 11 is 0. The number of aryl methyl sites for hydroxylation is 1. The summed E-state index contributed by atoms with van der Waals surface area (Å²) < 4.78 is 65.4. The maximum atomic E-state index is 15.3. The van der Waals surface area contributed by atoms with Gasteiger partial charge in [0.25, 0.3) is 5.91 Å². The monoisotopic (exact) mass is 555 g/mol. The molecule has 206 valence electrons. The van der Waals surface area contributed by atoms with E-state index in [4.69, 9.17) is 10.5 Å². The number of H-pyrrole nitrogens is 1. The molecule has 5 aromatic rings. The van der Waals surface area contributed by atoms with Crippen LogP contribution in [0.2, 0.25) is 0 Å². The Labute approximate surface area is 223 Å². The van der Waals surface area contributed by atoms with Crippen LogP contribution in [0.25, 0.3) is 28.2 Å². The summed E-state index contributed by atoms with van der Waals surface area (Å²) in [5.74, 6) is -2.76. The van der Waals surface area contributed by atoms with Gasteiger partial charge in [0.05, 0.1) is 5.56 Å². The van der Waals surface area contributed by atoms with Gasteiger partial charge in [0, 0.05) is 30.1 Å². The Balaban J connectivity index is 1.62. The van der Waals surface area contributed by atoms with Crippen LogP contribution < -0.4 is 16.2 Å². The van der Waals surface area contributed by atoms with Crippen molar-refractivity contribution in [3.05, 3.63) is 81.9 Å². The second kappa shape index (κ2) is 9.63. The zero-order valence-electron chi connectivity index (χ0n) is 21.2. The van der Waals surface area contributed by atoms with E-state index in [0.29, 0.717) is 15.8 Å². The third-order valence-electron chi connectivity index (χ3n) is 6.03. The SMILES string of the molecule is Cc1ccc(-n2nc(-c3ccc(Oc4ccnc5[nH]c(=O)n(C(C)C)c45)c(F)c3)c(C(N)=O)c2C(F)(F)F)nc1. The van der Waals surface area contributed by atoms with Crippen LogP contribution in [0, 0.1) is 12.7 Å². The maximum absolute atomic E-state index is 15.3. The number of pyridine rings is 2. The number of hydrogen-bond acceptors (Lipinski definition) is 6. The Bertz CT molecular complexity index is 1820. The predicted molar refractivity (Wildman–Crippen MR) is 136 cm³/mol. The van der Waals surface area contributed by atoms with Gasteiger partial charge in [0.1, 0.15) is 11.2 Å². The molecule has 4 aromatic heterocycles.